The minimum atomic E-state index is -0.160. The number of amides is 1. The molecule has 0 aliphatic carbocycles. The minimum absolute atomic E-state index is 0.0386. The van der Waals surface area contributed by atoms with Gasteiger partial charge in [0.05, 0.1) is 27.4 Å². The average molecular weight is 405 g/mol. The number of rotatable bonds is 8. The summed E-state index contributed by atoms with van der Waals surface area (Å²) in [6.45, 7) is 4.19. The van der Waals surface area contributed by atoms with Crippen LogP contribution in [0.15, 0.2) is 29.6 Å². The van der Waals surface area contributed by atoms with Crippen LogP contribution in [0, 0.1) is 0 Å². The Balaban J connectivity index is 1.82. The van der Waals surface area contributed by atoms with Crippen molar-refractivity contribution in [1.82, 2.24) is 10.2 Å². The largest absolute Gasteiger partial charge is 0.493 e. The van der Waals surface area contributed by atoms with Crippen LogP contribution in [0.4, 0.5) is 0 Å². The summed E-state index contributed by atoms with van der Waals surface area (Å²) < 4.78 is 16.1. The molecule has 0 radical (unpaired) electrons. The molecule has 0 spiro atoms. The van der Waals surface area contributed by atoms with Crippen LogP contribution in [0.25, 0.3) is 0 Å². The Bertz CT molecular complexity index is 763. The number of ether oxygens (including phenoxy) is 3. The third kappa shape index (κ3) is 4.25. The van der Waals surface area contributed by atoms with Crippen LogP contribution in [-0.2, 0) is 0 Å². The highest BCUT2D eigenvalue weighted by molar-refractivity contribution is 7.10. The molecule has 2 aromatic rings. The zero-order chi connectivity index (χ0) is 20.1. The smallest absolute Gasteiger partial charge is 0.251 e. The van der Waals surface area contributed by atoms with Crippen LogP contribution in [0.5, 0.6) is 17.2 Å². The highest BCUT2D eigenvalue weighted by Gasteiger charge is 2.30. The number of carbonyl (C=O) groups is 1. The van der Waals surface area contributed by atoms with E-state index >= 15 is 0 Å². The third-order valence-electron chi connectivity index (χ3n) is 5.13. The van der Waals surface area contributed by atoms with Crippen molar-refractivity contribution < 1.29 is 19.0 Å². The van der Waals surface area contributed by atoms with E-state index in [1.165, 1.54) is 17.7 Å². The second kappa shape index (κ2) is 9.30. The van der Waals surface area contributed by atoms with Crippen molar-refractivity contribution in [3.63, 3.8) is 0 Å². The molecule has 1 aliphatic heterocycles. The monoisotopic (exact) mass is 404 g/mol. The molecule has 0 unspecified atom stereocenters. The fraction of sp³-hybridized carbons (Fsp3) is 0.476. The molecule has 1 aromatic heterocycles. The van der Waals surface area contributed by atoms with E-state index in [1.807, 2.05) is 0 Å². The normalized spacial score (nSPS) is 16.4. The Morgan fingerprint density at radius 3 is 2.25 bits per heavy atom. The van der Waals surface area contributed by atoms with E-state index in [-0.39, 0.29) is 18.0 Å². The Morgan fingerprint density at radius 1 is 1.11 bits per heavy atom. The number of nitrogens with one attached hydrogen (secondary N) is 1. The summed E-state index contributed by atoms with van der Waals surface area (Å²) in [5.74, 6) is 1.25. The molecule has 0 bridgehead atoms. The van der Waals surface area contributed by atoms with Crippen molar-refractivity contribution in [1.29, 1.82) is 0 Å². The predicted molar refractivity (Wildman–Crippen MR) is 111 cm³/mol. The molecule has 1 N–H and O–H groups in total. The number of benzene rings is 1. The van der Waals surface area contributed by atoms with E-state index < -0.39 is 0 Å². The molecular weight excluding hydrogens is 376 g/mol. The van der Waals surface area contributed by atoms with Gasteiger partial charge in [0.15, 0.2) is 11.5 Å². The maximum Gasteiger partial charge on any atom is 0.251 e. The van der Waals surface area contributed by atoms with E-state index in [0.29, 0.717) is 22.8 Å². The van der Waals surface area contributed by atoms with Gasteiger partial charge in [0.25, 0.3) is 5.91 Å². The van der Waals surface area contributed by atoms with E-state index in [1.54, 1.807) is 44.8 Å². The van der Waals surface area contributed by atoms with E-state index in [2.05, 4.69) is 34.7 Å². The molecule has 2 atom stereocenters. The van der Waals surface area contributed by atoms with Gasteiger partial charge in [-0.2, -0.15) is 0 Å². The van der Waals surface area contributed by atoms with Gasteiger partial charge in [-0.1, -0.05) is 6.07 Å². The molecule has 0 saturated carbocycles. The lowest BCUT2D eigenvalue weighted by Crippen LogP contribution is -2.43. The maximum atomic E-state index is 13.0. The van der Waals surface area contributed by atoms with Crippen molar-refractivity contribution in [3.05, 3.63) is 40.1 Å². The van der Waals surface area contributed by atoms with Crippen molar-refractivity contribution in [2.45, 2.75) is 31.8 Å². The first-order chi connectivity index (χ1) is 13.6. The molecule has 1 saturated heterocycles. The predicted octanol–water partition coefficient (Wildman–Crippen LogP) is 3.73. The summed E-state index contributed by atoms with van der Waals surface area (Å²) in [7, 11) is 4.63. The quantitative estimate of drug-likeness (QED) is 0.726. The van der Waals surface area contributed by atoms with Gasteiger partial charge in [0.2, 0.25) is 5.75 Å². The Morgan fingerprint density at radius 2 is 1.75 bits per heavy atom. The van der Waals surface area contributed by atoms with E-state index in [0.717, 1.165) is 13.1 Å². The summed E-state index contributed by atoms with van der Waals surface area (Å²) in [6, 6.07) is 7.71. The molecule has 1 aromatic carbocycles. The summed E-state index contributed by atoms with van der Waals surface area (Å²) in [4.78, 5) is 16.7. The average Bonchev–Trinajstić information content (AvgIpc) is 3.41. The topological polar surface area (TPSA) is 60.0 Å². The van der Waals surface area contributed by atoms with Crippen LogP contribution >= 0.6 is 11.3 Å². The number of hydrogen-bond acceptors (Lipinski definition) is 6. The molecule has 2 heterocycles. The lowest BCUT2D eigenvalue weighted by Gasteiger charge is -2.32. The standard InChI is InChI=1S/C21H28N2O4S/c1-14(19(18-8-7-11-28-18)23-9-5-6-10-23)22-21(24)15-12-16(25-2)20(27-4)17(13-15)26-3/h7-8,11-14,19H,5-6,9-10H2,1-4H3,(H,22,24)/t14-,19+/m1/s1. The lowest BCUT2D eigenvalue weighted by molar-refractivity contribution is 0.0907. The third-order valence-corrected chi connectivity index (χ3v) is 6.07. The molecule has 1 fully saturated rings. The Hall–Kier alpha value is -2.25. The molecule has 152 valence electrons. The Labute approximate surface area is 170 Å². The van der Waals surface area contributed by atoms with Crippen molar-refractivity contribution in [2.75, 3.05) is 34.4 Å². The first-order valence-electron chi connectivity index (χ1n) is 9.47. The van der Waals surface area contributed by atoms with E-state index in [4.69, 9.17) is 14.2 Å². The second-order valence-corrected chi connectivity index (χ2v) is 7.86. The first-order valence-corrected chi connectivity index (χ1v) is 10.3. The molecule has 6 nitrogen and oxygen atoms in total. The summed E-state index contributed by atoms with van der Waals surface area (Å²) in [5.41, 5.74) is 0.479. The molecular formula is C21H28N2O4S. The van der Waals surface area contributed by atoms with Gasteiger partial charge in [0, 0.05) is 16.5 Å². The highest BCUT2D eigenvalue weighted by atomic mass is 32.1. The molecule has 1 aliphatic rings. The summed E-state index contributed by atoms with van der Waals surface area (Å²) >= 11 is 1.74. The van der Waals surface area contributed by atoms with Gasteiger partial charge in [-0.05, 0) is 56.4 Å². The van der Waals surface area contributed by atoms with Crippen LogP contribution in [0.1, 0.15) is 41.0 Å². The van der Waals surface area contributed by atoms with Gasteiger partial charge in [0.1, 0.15) is 0 Å². The molecule has 7 heteroatoms. The fourth-order valence-corrected chi connectivity index (χ4v) is 4.77. The molecule has 1 amide bonds. The van der Waals surface area contributed by atoms with E-state index in [9.17, 15) is 4.79 Å². The van der Waals surface area contributed by atoms with Crippen molar-refractivity contribution >= 4 is 17.2 Å². The Kier molecular flexibility index (Phi) is 6.80. The number of hydrogen-bond donors (Lipinski definition) is 1. The summed E-state index contributed by atoms with van der Waals surface area (Å²) in [6.07, 6.45) is 2.41. The van der Waals surface area contributed by atoms with Crippen molar-refractivity contribution in [3.8, 4) is 17.2 Å². The first kappa shape index (κ1) is 20.5. The second-order valence-electron chi connectivity index (χ2n) is 6.88. The van der Waals surface area contributed by atoms with Crippen molar-refractivity contribution in [2.24, 2.45) is 0 Å². The van der Waals surface area contributed by atoms with Gasteiger partial charge < -0.3 is 19.5 Å². The van der Waals surface area contributed by atoms with Crippen LogP contribution in [0.3, 0.4) is 0 Å². The van der Waals surface area contributed by atoms with Gasteiger partial charge in [-0.15, -0.1) is 11.3 Å². The van der Waals surface area contributed by atoms with Gasteiger partial charge in [-0.25, -0.2) is 0 Å². The number of nitrogens with zero attached hydrogens (tertiary/aromatic N) is 1. The fourth-order valence-electron chi connectivity index (χ4n) is 3.80. The van der Waals surface area contributed by atoms with Crippen LogP contribution in [-0.4, -0.2) is 51.3 Å². The number of carbonyl (C=O) groups excluding carboxylic acids is 1. The van der Waals surface area contributed by atoms with Crippen LogP contribution in [0.2, 0.25) is 0 Å². The zero-order valence-corrected chi connectivity index (χ0v) is 17.7. The number of methoxy groups -OCH3 is 3. The highest BCUT2D eigenvalue weighted by Crippen LogP contribution is 2.38. The van der Waals surface area contributed by atoms with Crippen LogP contribution < -0.4 is 19.5 Å². The summed E-state index contributed by atoms with van der Waals surface area (Å²) in [5, 5.41) is 5.27. The number of likely N-dealkylation sites (tertiary alicyclic amines) is 1. The minimum Gasteiger partial charge on any atom is -0.493 e. The molecule has 3 rings (SSSR count). The molecule has 28 heavy (non-hydrogen) atoms. The SMILES string of the molecule is COc1cc(C(=O)N[C@H](C)[C@@H](c2cccs2)N2CCCC2)cc(OC)c1OC. The zero-order valence-electron chi connectivity index (χ0n) is 16.9. The van der Waals surface area contributed by atoms with Gasteiger partial charge in [-0.3, -0.25) is 9.69 Å². The van der Waals surface area contributed by atoms with Gasteiger partial charge >= 0.3 is 0 Å². The maximum absolute atomic E-state index is 13.0. The lowest BCUT2D eigenvalue weighted by atomic mass is 10.1. The number of thiophene rings is 1.